The van der Waals surface area contributed by atoms with Crippen LogP contribution in [0.5, 0.6) is 5.75 Å². The highest BCUT2D eigenvalue weighted by atomic mass is 16.6. The molecule has 20 heavy (non-hydrogen) atoms. The Morgan fingerprint density at radius 1 is 1.25 bits per heavy atom. The molecule has 0 spiro atoms. The lowest BCUT2D eigenvalue weighted by atomic mass is 10.0. The van der Waals surface area contributed by atoms with Gasteiger partial charge in [0.2, 0.25) is 0 Å². The van der Waals surface area contributed by atoms with Crippen LogP contribution in [0.3, 0.4) is 0 Å². The molecule has 0 aliphatic carbocycles. The van der Waals surface area contributed by atoms with Crippen LogP contribution in [0.4, 0.5) is 5.69 Å². The van der Waals surface area contributed by atoms with Crippen molar-refractivity contribution < 1.29 is 14.4 Å². The van der Waals surface area contributed by atoms with Crippen molar-refractivity contribution in [3.63, 3.8) is 0 Å². The van der Waals surface area contributed by atoms with Crippen LogP contribution in [0.2, 0.25) is 0 Å². The number of nitro groups is 1. The Hall–Kier alpha value is -2.40. The van der Waals surface area contributed by atoms with Gasteiger partial charge in [-0.15, -0.1) is 0 Å². The zero-order valence-corrected chi connectivity index (χ0v) is 10.7. The molecule has 1 aliphatic rings. The number of epoxide rings is 1. The molecule has 0 saturated carbocycles. The fourth-order valence-corrected chi connectivity index (χ4v) is 1.95. The van der Waals surface area contributed by atoms with Crippen LogP contribution in [0, 0.1) is 10.1 Å². The van der Waals surface area contributed by atoms with E-state index in [0.717, 1.165) is 11.1 Å². The van der Waals surface area contributed by atoms with Crippen molar-refractivity contribution in [3.05, 3.63) is 58.6 Å². The summed E-state index contributed by atoms with van der Waals surface area (Å²) in [6, 6.07) is 14.1. The van der Waals surface area contributed by atoms with Crippen LogP contribution in [-0.4, -0.2) is 24.2 Å². The zero-order chi connectivity index (χ0) is 13.9. The summed E-state index contributed by atoms with van der Waals surface area (Å²) in [5.41, 5.74) is 1.67. The predicted octanol–water partition coefficient (Wildman–Crippen LogP) is 3.04. The minimum atomic E-state index is -0.403. The van der Waals surface area contributed by atoms with Crippen molar-refractivity contribution in [2.24, 2.45) is 0 Å². The summed E-state index contributed by atoms with van der Waals surface area (Å²) in [5.74, 6) is 0.636. The second-order valence-electron chi connectivity index (χ2n) is 4.57. The molecule has 1 saturated heterocycles. The third-order valence-electron chi connectivity index (χ3n) is 3.09. The van der Waals surface area contributed by atoms with Crippen LogP contribution in [0.15, 0.2) is 48.5 Å². The van der Waals surface area contributed by atoms with Crippen LogP contribution >= 0.6 is 0 Å². The van der Waals surface area contributed by atoms with E-state index in [4.69, 9.17) is 9.47 Å². The fourth-order valence-electron chi connectivity index (χ4n) is 1.95. The number of nitro benzene ring substituents is 1. The number of benzene rings is 2. The molecule has 5 nitrogen and oxygen atoms in total. The smallest absolute Gasteiger partial charge is 0.270 e. The summed E-state index contributed by atoms with van der Waals surface area (Å²) in [6.45, 7) is 1.19. The Labute approximate surface area is 115 Å². The standard InChI is InChI=1S/C15H13NO4/c17-16(18)12-6-7-15(20-10-13-9-19-13)14(8-12)11-4-2-1-3-5-11/h1-8,13H,9-10H2. The van der Waals surface area contributed by atoms with Gasteiger partial charge < -0.3 is 9.47 Å². The summed E-state index contributed by atoms with van der Waals surface area (Å²) < 4.78 is 10.8. The SMILES string of the molecule is O=[N+]([O-])c1ccc(OCC2CO2)c(-c2ccccc2)c1. The Morgan fingerprint density at radius 3 is 2.65 bits per heavy atom. The highest BCUT2D eigenvalue weighted by Crippen LogP contribution is 2.33. The normalized spacial score (nSPS) is 16.7. The molecular weight excluding hydrogens is 258 g/mol. The summed E-state index contributed by atoms with van der Waals surface area (Å²) in [7, 11) is 0. The van der Waals surface area contributed by atoms with Crippen molar-refractivity contribution in [2.45, 2.75) is 6.10 Å². The van der Waals surface area contributed by atoms with Crippen molar-refractivity contribution in [2.75, 3.05) is 13.2 Å². The monoisotopic (exact) mass is 271 g/mol. The number of nitrogens with zero attached hydrogens (tertiary/aromatic N) is 1. The number of hydrogen-bond acceptors (Lipinski definition) is 4. The maximum Gasteiger partial charge on any atom is 0.270 e. The minimum Gasteiger partial charge on any atom is -0.490 e. The topological polar surface area (TPSA) is 64.9 Å². The average molecular weight is 271 g/mol. The van der Waals surface area contributed by atoms with E-state index >= 15 is 0 Å². The van der Waals surface area contributed by atoms with Gasteiger partial charge in [0.15, 0.2) is 0 Å². The van der Waals surface area contributed by atoms with Crippen LogP contribution in [0.1, 0.15) is 0 Å². The van der Waals surface area contributed by atoms with Gasteiger partial charge in [-0.25, -0.2) is 0 Å². The second-order valence-corrected chi connectivity index (χ2v) is 4.57. The predicted molar refractivity (Wildman–Crippen MR) is 73.8 cm³/mol. The summed E-state index contributed by atoms with van der Waals surface area (Å²) >= 11 is 0. The highest BCUT2D eigenvalue weighted by Gasteiger charge is 2.24. The molecule has 0 aromatic heterocycles. The maximum absolute atomic E-state index is 10.9. The van der Waals surface area contributed by atoms with Gasteiger partial charge in [-0.3, -0.25) is 10.1 Å². The van der Waals surface area contributed by atoms with Crippen molar-refractivity contribution in [1.29, 1.82) is 0 Å². The number of non-ortho nitro benzene ring substituents is 1. The quantitative estimate of drug-likeness (QED) is 0.476. The van der Waals surface area contributed by atoms with Gasteiger partial charge in [-0.2, -0.15) is 0 Å². The first-order valence-corrected chi connectivity index (χ1v) is 6.32. The summed E-state index contributed by atoms with van der Waals surface area (Å²) in [6.07, 6.45) is 0.147. The van der Waals surface area contributed by atoms with Crippen LogP contribution in [-0.2, 0) is 4.74 Å². The Kier molecular flexibility index (Phi) is 3.35. The number of rotatable bonds is 5. The molecule has 1 aliphatic heterocycles. The molecule has 3 rings (SSSR count). The lowest BCUT2D eigenvalue weighted by Gasteiger charge is -2.10. The Balaban J connectivity index is 1.97. The molecule has 0 N–H and O–H groups in total. The lowest BCUT2D eigenvalue weighted by Crippen LogP contribution is -2.05. The third kappa shape index (κ3) is 2.78. The van der Waals surface area contributed by atoms with E-state index in [1.807, 2.05) is 30.3 Å². The molecule has 1 unspecified atom stereocenters. The Morgan fingerprint density at radius 2 is 2.00 bits per heavy atom. The highest BCUT2D eigenvalue weighted by molar-refractivity contribution is 5.72. The van der Waals surface area contributed by atoms with E-state index < -0.39 is 4.92 Å². The van der Waals surface area contributed by atoms with Gasteiger partial charge in [0.25, 0.3) is 5.69 Å². The van der Waals surface area contributed by atoms with E-state index in [1.165, 1.54) is 6.07 Å². The third-order valence-corrected chi connectivity index (χ3v) is 3.09. The molecule has 2 aromatic rings. The first kappa shape index (κ1) is 12.6. The molecule has 5 heteroatoms. The lowest BCUT2D eigenvalue weighted by molar-refractivity contribution is -0.384. The second kappa shape index (κ2) is 5.30. The van der Waals surface area contributed by atoms with E-state index in [2.05, 4.69) is 0 Å². The molecular formula is C15H13NO4. The van der Waals surface area contributed by atoms with Crippen LogP contribution < -0.4 is 4.74 Å². The Bertz CT molecular complexity index is 623. The molecule has 0 amide bonds. The van der Waals surface area contributed by atoms with E-state index in [0.29, 0.717) is 19.0 Å². The maximum atomic E-state index is 10.9. The van der Waals surface area contributed by atoms with Crippen molar-refractivity contribution in [1.82, 2.24) is 0 Å². The fraction of sp³-hybridized carbons (Fsp3) is 0.200. The number of ether oxygens (including phenoxy) is 2. The van der Waals surface area contributed by atoms with Gasteiger partial charge in [0.05, 0.1) is 11.5 Å². The van der Waals surface area contributed by atoms with Gasteiger partial charge in [-0.1, -0.05) is 30.3 Å². The van der Waals surface area contributed by atoms with E-state index in [-0.39, 0.29) is 11.8 Å². The van der Waals surface area contributed by atoms with Crippen LogP contribution in [0.25, 0.3) is 11.1 Å². The van der Waals surface area contributed by atoms with Gasteiger partial charge in [0, 0.05) is 17.7 Å². The van der Waals surface area contributed by atoms with Gasteiger partial charge in [0.1, 0.15) is 18.5 Å². The molecule has 0 bridgehead atoms. The first-order chi connectivity index (χ1) is 9.74. The van der Waals surface area contributed by atoms with E-state index in [1.54, 1.807) is 12.1 Å². The summed E-state index contributed by atoms with van der Waals surface area (Å²) in [4.78, 5) is 10.5. The minimum absolute atomic E-state index is 0.0545. The molecule has 1 atom stereocenters. The first-order valence-electron chi connectivity index (χ1n) is 6.32. The summed E-state index contributed by atoms with van der Waals surface area (Å²) in [5, 5.41) is 10.9. The average Bonchev–Trinajstić information content (AvgIpc) is 3.30. The van der Waals surface area contributed by atoms with Gasteiger partial charge >= 0.3 is 0 Å². The zero-order valence-electron chi connectivity index (χ0n) is 10.7. The molecule has 0 radical (unpaired) electrons. The van der Waals surface area contributed by atoms with Crippen molar-refractivity contribution >= 4 is 5.69 Å². The molecule has 102 valence electrons. The van der Waals surface area contributed by atoms with Crippen molar-refractivity contribution in [3.8, 4) is 16.9 Å². The van der Waals surface area contributed by atoms with E-state index in [9.17, 15) is 10.1 Å². The molecule has 2 aromatic carbocycles. The molecule has 1 fully saturated rings. The largest absolute Gasteiger partial charge is 0.490 e. The number of hydrogen-bond donors (Lipinski definition) is 0. The molecule has 1 heterocycles. The van der Waals surface area contributed by atoms with Gasteiger partial charge in [-0.05, 0) is 11.6 Å².